The Kier molecular flexibility index (Phi) is 2.92. The van der Waals surface area contributed by atoms with Crippen LogP contribution in [0.3, 0.4) is 0 Å². The zero-order valence-electron chi connectivity index (χ0n) is 10.4. The molecule has 3 nitrogen and oxygen atoms in total. The summed E-state index contributed by atoms with van der Waals surface area (Å²) in [6.45, 7) is 2.27. The van der Waals surface area contributed by atoms with Crippen LogP contribution < -0.4 is 0 Å². The predicted molar refractivity (Wildman–Crippen MR) is 72.7 cm³/mol. The third-order valence-corrected chi connectivity index (χ3v) is 5.20. The summed E-state index contributed by atoms with van der Waals surface area (Å²) in [4.78, 5) is 10.2. The van der Waals surface area contributed by atoms with Crippen LogP contribution in [0.15, 0.2) is 24.4 Å². The van der Waals surface area contributed by atoms with Gasteiger partial charge in [-0.1, -0.05) is 12.5 Å². The van der Waals surface area contributed by atoms with Crippen molar-refractivity contribution in [1.82, 2.24) is 9.97 Å². The molecule has 0 unspecified atom stereocenters. The van der Waals surface area contributed by atoms with E-state index < -0.39 is 0 Å². The van der Waals surface area contributed by atoms with Crippen molar-refractivity contribution >= 4 is 11.3 Å². The maximum atomic E-state index is 9.66. The summed E-state index contributed by atoms with van der Waals surface area (Å²) < 4.78 is 0. The number of nitrogens with zero attached hydrogens (tertiary/aromatic N) is 2. The molecule has 2 aromatic heterocycles. The molecule has 4 heteroatoms. The number of rotatable bonds is 3. The fourth-order valence-electron chi connectivity index (χ4n) is 2.55. The summed E-state index contributed by atoms with van der Waals surface area (Å²) in [6.07, 6.45) is 5.15. The quantitative estimate of drug-likeness (QED) is 0.923. The van der Waals surface area contributed by atoms with Gasteiger partial charge in [0.15, 0.2) is 0 Å². The van der Waals surface area contributed by atoms with Gasteiger partial charge in [-0.3, -0.25) is 4.98 Å². The zero-order valence-corrected chi connectivity index (χ0v) is 11.2. The second-order valence-corrected chi connectivity index (χ2v) is 5.94. The lowest BCUT2D eigenvalue weighted by Gasteiger charge is -2.39. The molecule has 1 aliphatic rings. The van der Waals surface area contributed by atoms with Gasteiger partial charge in [-0.2, -0.15) is 0 Å². The molecule has 1 N–H and O–H groups in total. The first kappa shape index (κ1) is 11.8. The highest BCUT2D eigenvalue weighted by molar-refractivity contribution is 7.15. The normalized spacial score (nSPS) is 17.4. The van der Waals surface area contributed by atoms with E-state index in [1.54, 1.807) is 17.5 Å². The van der Waals surface area contributed by atoms with Gasteiger partial charge in [0.1, 0.15) is 5.01 Å². The molecule has 3 rings (SSSR count). The number of thiazole rings is 1. The fourth-order valence-corrected chi connectivity index (χ4v) is 3.83. The number of hydrogen-bond acceptors (Lipinski definition) is 4. The third kappa shape index (κ3) is 1.76. The van der Waals surface area contributed by atoms with Crippen LogP contribution in [-0.2, 0) is 5.41 Å². The number of hydrogen-bond donors (Lipinski definition) is 1. The highest BCUT2D eigenvalue weighted by Gasteiger charge is 2.41. The van der Waals surface area contributed by atoms with E-state index in [4.69, 9.17) is 0 Å². The lowest BCUT2D eigenvalue weighted by Crippen LogP contribution is -2.37. The maximum absolute atomic E-state index is 9.66. The van der Waals surface area contributed by atoms with Gasteiger partial charge in [-0.05, 0) is 31.9 Å². The molecule has 2 heterocycles. The number of aliphatic hydroxyl groups is 1. The van der Waals surface area contributed by atoms with Gasteiger partial charge >= 0.3 is 0 Å². The molecular formula is C14H16N2OS. The smallest absolute Gasteiger partial charge is 0.142 e. The Morgan fingerprint density at radius 2 is 2.22 bits per heavy atom. The van der Waals surface area contributed by atoms with E-state index in [2.05, 4.69) is 9.97 Å². The first-order chi connectivity index (χ1) is 8.75. The van der Waals surface area contributed by atoms with Gasteiger partial charge in [0, 0.05) is 16.5 Å². The third-order valence-electron chi connectivity index (χ3n) is 3.78. The van der Waals surface area contributed by atoms with Crippen LogP contribution in [0, 0.1) is 6.92 Å². The number of aromatic nitrogens is 2. The largest absolute Gasteiger partial charge is 0.395 e. The highest BCUT2D eigenvalue weighted by atomic mass is 32.1. The Labute approximate surface area is 111 Å². The molecule has 2 aromatic rings. The number of pyridine rings is 1. The number of aryl methyl sites for hydroxylation is 1. The molecule has 18 heavy (non-hydrogen) atoms. The van der Waals surface area contributed by atoms with Crippen molar-refractivity contribution < 1.29 is 5.11 Å². The summed E-state index contributed by atoms with van der Waals surface area (Å²) in [5.41, 5.74) is 1.95. The van der Waals surface area contributed by atoms with E-state index in [9.17, 15) is 5.11 Å². The predicted octanol–water partition coefficient (Wildman–Crippen LogP) is 2.93. The summed E-state index contributed by atoms with van der Waals surface area (Å²) in [7, 11) is 0. The lowest BCUT2D eigenvalue weighted by molar-refractivity contribution is 0.122. The number of aliphatic hydroxyl groups excluding tert-OH is 1. The second-order valence-electron chi connectivity index (χ2n) is 4.94. The molecule has 0 spiro atoms. The van der Waals surface area contributed by atoms with Crippen molar-refractivity contribution in [2.45, 2.75) is 31.6 Å². The van der Waals surface area contributed by atoms with Gasteiger partial charge in [-0.15, -0.1) is 11.3 Å². The highest BCUT2D eigenvalue weighted by Crippen LogP contribution is 2.47. The van der Waals surface area contributed by atoms with Gasteiger partial charge in [0.05, 0.1) is 18.0 Å². The summed E-state index contributed by atoms with van der Waals surface area (Å²) in [5, 5.41) is 10.6. The molecule has 1 fully saturated rings. The van der Waals surface area contributed by atoms with Crippen molar-refractivity contribution in [2.24, 2.45) is 0 Å². The average molecular weight is 260 g/mol. The van der Waals surface area contributed by atoms with Crippen LogP contribution in [0.4, 0.5) is 0 Å². The Bertz CT molecular complexity index is 541. The Hall–Kier alpha value is -1.26. The summed E-state index contributed by atoms with van der Waals surface area (Å²) >= 11 is 1.69. The monoisotopic (exact) mass is 260 g/mol. The lowest BCUT2D eigenvalue weighted by atomic mass is 9.68. The topological polar surface area (TPSA) is 46.0 Å². The Balaban J connectivity index is 2.01. The molecule has 0 radical (unpaired) electrons. The maximum Gasteiger partial charge on any atom is 0.142 e. The molecule has 0 amide bonds. The minimum atomic E-state index is -0.0191. The van der Waals surface area contributed by atoms with Crippen LogP contribution >= 0.6 is 11.3 Å². The molecule has 1 saturated carbocycles. The second kappa shape index (κ2) is 4.44. The van der Waals surface area contributed by atoms with E-state index in [0.29, 0.717) is 0 Å². The summed E-state index contributed by atoms with van der Waals surface area (Å²) in [6, 6.07) is 5.87. The first-order valence-corrected chi connectivity index (χ1v) is 7.07. The van der Waals surface area contributed by atoms with Crippen molar-refractivity contribution in [3.8, 4) is 10.7 Å². The molecule has 0 bridgehead atoms. The van der Waals surface area contributed by atoms with E-state index in [-0.39, 0.29) is 12.0 Å². The SMILES string of the molecule is Cc1nc(-c2ccccn2)sc1C1(CO)CCC1. The fraction of sp³-hybridized carbons (Fsp3) is 0.429. The molecular weight excluding hydrogens is 244 g/mol. The Morgan fingerprint density at radius 3 is 2.78 bits per heavy atom. The minimum absolute atomic E-state index is 0.0191. The van der Waals surface area contributed by atoms with E-state index in [0.717, 1.165) is 29.2 Å². The first-order valence-electron chi connectivity index (χ1n) is 6.25. The molecule has 1 aliphatic carbocycles. The minimum Gasteiger partial charge on any atom is -0.395 e. The standard InChI is InChI=1S/C14H16N2OS/c1-10-12(14(9-17)6-4-7-14)18-13(16-10)11-5-2-3-8-15-11/h2-3,5,8,17H,4,6-7,9H2,1H3. The molecule has 94 valence electrons. The molecule has 0 aromatic carbocycles. The van der Waals surface area contributed by atoms with Crippen LogP contribution in [0.1, 0.15) is 29.8 Å². The van der Waals surface area contributed by atoms with Crippen LogP contribution in [0.25, 0.3) is 10.7 Å². The average Bonchev–Trinajstić information content (AvgIpc) is 2.73. The van der Waals surface area contributed by atoms with E-state index in [1.807, 2.05) is 25.1 Å². The van der Waals surface area contributed by atoms with E-state index in [1.165, 1.54) is 11.3 Å². The van der Waals surface area contributed by atoms with Crippen LogP contribution in [-0.4, -0.2) is 21.7 Å². The molecule has 0 atom stereocenters. The van der Waals surface area contributed by atoms with Crippen molar-refractivity contribution in [3.05, 3.63) is 35.0 Å². The van der Waals surface area contributed by atoms with Crippen molar-refractivity contribution in [3.63, 3.8) is 0 Å². The van der Waals surface area contributed by atoms with E-state index >= 15 is 0 Å². The molecule has 0 saturated heterocycles. The van der Waals surface area contributed by atoms with Crippen molar-refractivity contribution in [2.75, 3.05) is 6.61 Å². The van der Waals surface area contributed by atoms with Gasteiger partial charge in [0.2, 0.25) is 0 Å². The van der Waals surface area contributed by atoms with Crippen LogP contribution in [0.5, 0.6) is 0 Å². The zero-order chi connectivity index (χ0) is 12.6. The summed E-state index contributed by atoms with van der Waals surface area (Å²) in [5.74, 6) is 0. The van der Waals surface area contributed by atoms with Crippen molar-refractivity contribution in [1.29, 1.82) is 0 Å². The van der Waals surface area contributed by atoms with Gasteiger partial charge in [-0.25, -0.2) is 4.98 Å². The Morgan fingerprint density at radius 1 is 1.39 bits per heavy atom. The molecule has 0 aliphatic heterocycles. The van der Waals surface area contributed by atoms with Gasteiger partial charge in [0.25, 0.3) is 0 Å². The van der Waals surface area contributed by atoms with Gasteiger partial charge < -0.3 is 5.11 Å². The van der Waals surface area contributed by atoms with Crippen LogP contribution in [0.2, 0.25) is 0 Å².